The highest BCUT2D eigenvalue weighted by atomic mass is 16.5. The van der Waals surface area contributed by atoms with Gasteiger partial charge in [0.2, 0.25) is 5.96 Å². The Bertz CT molecular complexity index is 1120. The third-order valence-electron chi connectivity index (χ3n) is 5.52. The number of ether oxygens (including phenoxy) is 2. The quantitative estimate of drug-likeness (QED) is 0.156. The van der Waals surface area contributed by atoms with Gasteiger partial charge >= 0.3 is 5.97 Å². The van der Waals surface area contributed by atoms with E-state index in [1.54, 1.807) is 31.5 Å². The summed E-state index contributed by atoms with van der Waals surface area (Å²) in [5, 5.41) is 30.7. The van der Waals surface area contributed by atoms with E-state index in [1.807, 2.05) is 24.3 Å². The van der Waals surface area contributed by atoms with Crippen LogP contribution in [0, 0.1) is 28.7 Å². The Hall–Kier alpha value is -4.17. The van der Waals surface area contributed by atoms with Crippen molar-refractivity contribution in [2.75, 3.05) is 13.7 Å². The van der Waals surface area contributed by atoms with E-state index in [0.717, 1.165) is 31.2 Å². The fourth-order valence-corrected chi connectivity index (χ4v) is 3.85. The summed E-state index contributed by atoms with van der Waals surface area (Å²) in [7, 11) is 1.61. The van der Waals surface area contributed by atoms with Gasteiger partial charge in [-0.1, -0.05) is 30.0 Å². The van der Waals surface area contributed by atoms with Crippen molar-refractivity contribution in [2.45, 2.75) is 44.1 Å². The number of nitriles is 1. The van der Waals surface area contributed by atoms with Crippen LogP contribution in [0.4, 0.5) is 0 Å². The van der Waals surface area contributed by atoms with Crippen molar-refractivity contribution in [3.05, 3.63) is 59.2 Å². The number of guanidine groups is 1. The van der Waals surface area contributed by atoms with E-state index >= 15 is 0 Å². The van der Waals surface area contributed by atoms with E-state index in [4.69, 9.17) is 25.3 Å². The van der Waals surface area contributed by atoms with Crippen molar-refractivity contribution in [3.63, 3.8) is 0 Å². The number of aliphatic carboxylic acids is 1. The predicted molar refractivity (Wildman–Crippen MR) is 128 cm³/mol. The maximum Gasteiger partial charge on any atom is 0.307 e. The van der Waals surface area contributed by atoms with Gasteiger partial charge in [0.1, 0.15) is 0 Å². The molecule has 34 heavy (non-hydrogen) atoms. The number of carboxylic acids is 1. The van der Waals surface area contributed by atoms with Crippen molar-refractivity contribution < 1.29 is 19.4 Å². The number of nitrogens with one attached hydrogen (secondary N) is 3. The second-order valence-corrected chi connectivity index (χ2v) is 8.02. The Morgan fingerprint density at radius 2 is 2.03 bits per heavy atom. The lowest BCUT2D eigenvalue weighted by molar-refractivity contribution is -0.136. The fraction of sp³-hybridized carbons (Fsp3) is 0.346. The largest absolute Gasteiger partial charge is 0.493 e. The molecule has 0 aromatic heterocycles. The van der Waals surface area contributed by atoms with Crippen molar-refractivity contribution in [1.29, 1.82) is 10.7 Å². The van der Waals surface area contributed by atoms with Gasteiger partial charge in [0.05, 0.1) is 25.6 Å². The van der Waals surface area contributed by atoms with Crippen molar-refractivity contribution in [1.82, 2.24) is 10.6 Å². The monoisotopic (exact) mass is 460 g/mol. The molecule has 0 saturated heterocycles. The Kier molecular flexibility index (Phi) is 8.76. The molecule has 2 aromatic rings. The molecule has 1 aliphatic carbocycles. The first kappa shape index (κ1) is 24.5. The molecule has 2 aromatic carbocycles. The number of hydrogen-bond acceptors (Lipinski definition) is 5. The Morgan fingerprint density at radius 1 is 1.24 bits per heavy atom. The first-order valence-corrected chi connectivity index (χ1v) is 11.1. The molecule has 1 atom stereocenters. The van der Waals surface area contributed by atoms with Gasteiger partial charge in [-0.05, 0) is 61.1 Å². The van der Waals surface area contributed by atoms with Crippen LogP contribution < -0.4 is 20.1 Å². The van der Waals surface area contributed by atoms with Crippen molar-refractivity contribution in [2.24, 2.45) is 0 Å². The van der Waals surface area contributed by atoms with Gasteiger partial charge in [-0.3, -0.25) is 15.5 Å². The molecular formula is C26H28N4O4. The average molecular weight is 461 g/mol. The fourth-order valence-electron chi connectivity index (χ4n) is 3.85. The molecule has 0 amide bonds. The highest BCUT2D eigenvalue weighted by Gasteiger charge is 2.20. The smallest absolute Gasteiger partial charge is 0.307 e. The summed E-state index contributed by atoms with van der Waals surface area (Å²) in [6.07, 6.45) is 6.15. The number of carboxylic acid groups (broad SMARTS) is 1. The summed E-state index contributed by atoms with van der Waals surface area (Å²) < 4.78 is 11.7. The van der Waals surface area contributed by atoms with Gasteiger partial charge in [-0.25, -0.2) is 0 Å². The van der Waals surface area contributed by atoms with Crippen LogP contribution in [-0.2, 0) is 11.2 Å². The number of hydrogen-bond donors (Lipinski definition) is 4. The van der Waals surface area contributed by atoms with E-state index in [1.165, 1.54) is 0 Å². The Labute approximate surface area is 199 Å². The highest BCUT2D eigenvalue weighted by molar-refractivity contribution is 5.78. The molecule has 0 heterocycles. The zero-order chi connectivity index (χ0) is 24.3. The number of methoxy groups -OCH3 is 1. The summed E-state index contributed by atoms with van der Waals surface area (Å²) in [6.45, 7) is 0.282. The molecule has 4 N–H and O–H groups in total. The highest BCUT2D eigenvalue weighted by Crippen LogP contribution is 2.34. The minimum Gasteiger partial charge on any atom is -0.493 e. The maximum absolute atomic E-state index is 11.0. The lowest BCUT2D eigenvalue weighted by atomic mass is 9.98. The molecule has 0 spiro atoms. The predicted octanol–water partition coefficient (Wildman–Crippen LogP) is 3.37. The lowest BCUT2D eigenvalue weighted by Crippen LogP contribution is -2.35. The molecular weight excluding hydrogens is 432 g/mol. The van der Waals surface area contributed by atoms with Crippen LogP contribution in [0.3, 0.4) is 0 Å². The van der Waals surface area contributed by atoms with Crippen LogP contribution in [0.5, 0.6) is 11.5 Å². The van der Waals surface area contributed by atoms with Gasteiger partial charge in [0.15, 0.2) is 17.7 Å². The van der Waals surface area contributed by atoms with Gasteiger partial charge in [-0.15, -0.1) is 0 Å². The zero-order valence-electron chi connectivity index (χ0n) is 19.1. The van der Waals surface area contributed by atoms with Crippen LogP contribution in [0.2, 0.25) is 0 Å². The lowest BCUT2D eigenvalue weighted by Gasteiger charge is -2.19. The zero-order valence-corrected chi connectivity index (χ0v) is 19.1. The number of nitrogens with zero attached hydrogens (tertiary/aromatic N) is 1. The molecule has 8 heteroatoms. The summed E-state index contributed by atoms with van der Waals surface area (Å²) in [5.74, 6) is 6.31. The number of rotatable bonds is 8. The topological polar surface area (TPSA) is 127 Å². The first-order chi connectivity index (χ1) is 16.5. The molecule has 1 aliphatic rings. The normalized spacial score (nSPS) is 13.6. The second kappa shape index (κ2) is 12.2. The van der Waals surface area contributed by atoms with Crippen molar-refractivity contribution >= 4 is 11.9 Å². The first-order valence-electron chi connectivity index (χ1n) is 11.1. The van der Waals surface area contributed by atoms with Crippen LogP contribution in [0.25, 0.3) is 0 Å². The summed E-state index contributed by atoms with van der Waals surface area (Å²) in [6, 6.07) is 12.8. The van der Waals surface area contributed by atoms with E-state index < -0.39 is 5.97 Å². The molecule has 1 saturated carbocycles. The Morgan fingerprint density at radius 3 is 2.74 bits per heavy atom. The Balaban J connectivity index is 1.89. The van der Waals surface area contributed by atoms with Gasteiger partial charge in [0, 0.05) is 12.1 Å². The second-order valence-electron chi connectivity index (χ2n) is 8.02. The van der Waals surface area contributed by atoms with Crippen LogP contribution in [-0.4, -0.2) is 36.8 Å². The number of benzene rings is 2. The van der Waals surface area contributed by atoms with Gasteiger partial charge < -0.3 is 19.9 Å². The summed E-state index contributed by atoms with van der Waals surface area (Å²) in [5.41, 5.74) is 2.25. The average Bonchev–Trinajstić information content (AvgIpc) is 3.32. The minimum absolute atomic E-state index is 0.0716. The SMILES string of the molecule is COc1ccc(C(C#Cc2cccc(CC(=O)O)c2)CNC(=N)NC#N)cc1OC1CCCC1. The van der Waals surface area contributed by atoms with Crippen LogP contribution in [0.15, 0.2) is 42.5 Å². The molecule has 0 radical (unpaired) electrons. The molecule has 176 valence electrons. The molecule has 8 nitrogen and oxygen atoms in total. The molecule has 1 unspecified atom stereocenters. The number of carbonyl (C=O) groups is 1. The van der Waals surface area contributed by atoms with Gasteiger partial charge in [0.25, 0.3) is 0 Å². The summed E-state index contributed by atoms with van der Waals surface area (Å²) in [4.78, 5) is 11.0. The molecule has 0 bridgehead atoms. The standard InChI is InChI=1S/C26H28N4O4/c1-33-23-12-11-20(15-24(23)34-22-7-2-3-8-22)21(16-29-26(28)30-17-27)10-9-18-5-4-6-19(13-18)14-25(31)32/h4-6,11-13,15,21-22H,2-3,7-8,14,16H2,1H3,(H,31,32)(H3,28,29,30). The minimum atomic E-state index is -0.899. The third-order valence-corrected chi connectivity index (χ3v) is 5.52. The molecule has 3 rings (SSSR count). The molecule has 1 fully saturated rings. The van der Waals surface area contributed by atoms with Crippen LogP contribution >= 0.6 is 0 Å². The van der Waals surface area contributed by atoms with E-state index in [9.17, 15) is 4.79 Å². The third kappa shape index (κ3) is 7.18. The van der Waals surface area contributed by atoms with E-state index in [0.29, 0.717) is 22.6 Å². The van der Waals surface area contributed by atoms with Gasteiger partial charge in [-0.2, -0.15) is 5.26 Å². The van der Waals surface area contributed by atoms with Crippen molar-refractivity contribution in [3.8, 4) is 29.5 Å². The van der Waals surface area contributed by atoms with Crippen LogP contribution in [0.1, 0.15) is 48.3 Å². The van der Waals surface area contributed by atoms with E-state index in [2.05, 4.69) is 22.5 Å². The maximum atomic E-state index is 11.0. The summed E-state index contributed by atoms with van der Waals surface area (Å²) >= 11 is 0. The molecule has 0 aliphatic heterocycles. The van der Waals surface area contributed by atoms with E-state index in [-0.39, 0.29) is 30.9 Å².